The van der Waals surface area contributed by atoms with E-state index < -0.39 is 0 Å². The molecule has 19 heavy (non-hydrogen) atoms. The molecule has 1 heterocycles. The molecule has 1 amide bonds. The Labute approximate surface area is 118 Å². The highest BCUT2D eigenvalue weighted by Crippen LogP contribution is 2.42. The van der Waals surface area contributed by atoms with Crippen molar-refractivity contribution in [2.24, 2.45) is 16.9 Å². The third-order valence-electron chi connectivity index (χ3n) is 4.22. The summed E-state index contributed by atoms with van der Waals surface area (Å²) in [5, 5.41) is 6.29. The summed E-state index contributed by atoms with van der Waals surface area (Å²) in [5.74, 6) is 1.41. The van der Waals surface area contributed by atoms with Crippen LogP contribution in [-0.4, -0.2) is 11.6 Å². The minimum Gasteiger partial charge on any atom is -0.267 e. The molecule has 0 radical (unpaired) electrons. The lowest BCUT2D eigenvalue weighted by Gasteiger charge is -2.11. The number of rotatable bonds is 4. The molecule has 2 aliphatic rings. The molecule has 1 N–H and O–H groups in total. The standard InChI is InChI=1S/C15H20N2OS/c1-2-3-13-8-12(9-19-13)15(18)17-16-14-7-10-4-5-11(14)6-10/h8-11H,2-7H2,1H3,(H,17,18)/b16-14+/t10-,11+/m1/s1. The van der Waals surface area contributed by atoms with E-state index in [0.717, 1.165) is 30.7 Å². The lowest BCUT2D eigenvalue weighted by molar-refractivity contribution is 0.0955. The van der Waals surface area contributed by atoms with Crippen LogP contribution in [0.4, 0.5) is 0 Å². The fourth-order valence-electron chi connectivity index (χ4n) is 3.23. The fourth-order valence-corrected chi connectivity index (χ4v) is 4.20. The van der Waals surface area contributed by atoms with Crippen LogP contribution in [0, 0.1) is 11.8 Å². The number of nitrogens with zero attached hydrogens (tertiary/aromatic N) is 1. The van der Waals surface area contributed by atoms with Gasteiger partial charge in [-0.15, -0.1) is 11.3 Å². The highest BCUT2D eigenvalue weighted by molar-refractivity contribution is 7.10. The van der Waals surface area contributed by atoms with Gasteiger partial charge in [-0.25, -0.2) is 5.43 Å². The summed E-state index contributed by atoms with van der Waals surface area (Å²) in [6.45, 7) is 2.15. The summed E-state index contributed by atoms with van der Waals surface area (Å²) in [4.78, 5) is 13.3. The van der Waals surface area contributed by atoms with Gasteiger partial charge in [-0.1, -0.05) is 13.3 Å². The second kappa shape index (κ2) is 5.45. The average Bonchev–Trinajstić information content (AvgIpc) is 3.12. The zero-order chi connectivity index (χ0) is 13.2. The Morgan fingerprint density at radius 2 is 2.42 bits per heavy atom. The third kappa shape index (κ3) is 2.73. The number of thiophene rings is 1. The van der Waals surface area contributed by atoms with Crippen LogP contribution in [0.1, 0.15) is 54.3 Å². The van der Waals surface area contributed by atoms with Crippen LogP contribution in [0.15, 0.2) is 16.5 Å². The van der Waals surface area contributed by atoms with Crippen molar-refractivity contribution in [3.05, 3.63) is 21.9 Å². The minimum atomic E-state index is -0.0612. The number of fused-ring (bicyclic) bond motifs is 2. The van der Waals surface area contributed by atoms with Gasteiger partial charge in [0.15, 0.2) is 0 Å². The van der Waals surface area contributed by atoms with Crippen LogP contribution in [0.25, 0.3) is 0 Å². The van der Waals surface area contributed by atoms with Gasteiger partial charge in [-0.3, -0.25) is 4.79 Å². The van der Waals surface area contributed by atoms with Crippen LogP contribution < -0.4 is 5.43 Å². The normalized spacial score (nSPS) is 27.1. The summed E-state index contributed by atoms with van der Waals surface area (Å²) in [6.07, 6.45) is 7.16. The quantitative estimate of drug-likeness (QED) is 0.839. The molecule has 4 heteroatoms. The van der Waals surface area contributed by atoms with Crippen LogP contribution in [0.3, 0.4) is 0 Å². The van der Waals surface area contributed by atoms with Gasteiger partial charge in [-0.2, -0.15) is 5.10 Å². The van der Waals surface area contributed by atoms with Crippen molar-refractivity contribution in [3.8, 4) is 0 Å². The molecular weight excluding hydrogens is 256 g/mol. The number of carbonyl (C=O) groups excluding carboxylic acids is 1. The van der Waals surface area contributed by atoms with Gasteiger partial charge in [0, 0.05) is 16.0 Å². The summed E-state index contributed by atoms with van der Waals surface area (Å²) < 4.78 is 0. The Morgan fingerprint density at radius 1 is 1.53 bits per heavy atom. The summed E-state index contributed by atoms with van der Waals surface area (Å²) in [5.41, 5.74) is 4.70. The maximum atomic E-state index is 12.0. The van der Waals surface area contributed by atoms with Crippen molar-refractivity contribution in [1.29, 1.82) is 0 Å². The van der Waals surface area contributed by atoms with Gasteiger partial charge < -0.3 is 0 Å². The largest absolute Gasteiger partial charge is 0.272 e. The number of hydrogen-bond acceptors (Lipinski definition) is 3. The maximum Gasteiger partial charge on any atom is 0.272 e. The van der Waals surface area contributed by atoms with E-state index in [9.17, 15) is 4.79 Å². The zero-order valence-corrected chi connectivity index (χ0v) is 12.1. The molecule has 0 saturated heterocycles. The smallest absolute Gasteiger partial charge is 0.267 e. The van der Waals surface area contributed by atoms with Gasteiger partial charge in [-0.05, 0) is 50.0 Å². The van der Waals surface area contributed by atoms with Crippen LogP contribution in [0.5, 0.6) is 0 Å². The molecule has 2 bridgehead atoms. The molecule has 2 aliphatic carbocycles. The Kier molecular flexibility index (Phi) is 3.69. The molecule has 1 aromatic rings. The fraction of sp³-hybridized carbons (Fsp3) is 0.600. The highest BCUT2D eigenvalue weighted by atomic mass is 32.1. The summed E-state index contributed by atoms with van der Waals surface area (Å²) in [6, 6.07) is 1.99. The van der Waals surface area contributed by atoms with E-state index in [-0.39, 0.29) is 5.91 Å². The Hall–Kier alpha value is -1.16. The molecule has 2 atom stereocenters. The van der Waals surface area contributed by atoms with E-state index in [4.69, 9.17) is 0 Å². The molecule has 3 nitrogen and oxygen atoms in total. The monoisotopic (exact) mass is 276 g/mol. The second-order valence-electron chi connectivity index (χ2n) is 5.68. The van der Waals surface area contributed by atoms with E-state index in [2.05, 4.69) is 17.5 Å². The van der Waals surface area contributed by atoms with Crippen molar-refractivity contribution in [2.45, 2.75) is 45.4 Å². The highest BCUT2D eigenvalue weighted by Gasteiger charge is 2.36. The molecule has 0 unspecified atom stereocenters. The molecule has 0 aromatic carbocycles. The van der Waals surface area contributed by atoms with Gasteiger partial charge in [0.1, 0.15) is 0 Å². The first-order valence-corrected chi connectivity index (χ1v) is 8.08. The SMILES string of the molecule is CCCc1cc(C(=O)N/N=C2\C[C@@H]3CC[C@H]2C3)cs1. The number of hydrazone groups is 1. The summed E-state index contributed by atoms with van der Waals surface area (Å²) in [7, 11) is 0. The van der Waals surface area contributed by atoms with Gasteiger partial charge >= 0.3 is 0 Å². The van der Waals surface area contributed by atoms with E-state index >= 15 is 0 Å². The van der Waals surface area contributed by atoms with Crippen molar-refractivity contribution in [1.82, 2.24) is 5.43 Å². The van der Waals surface area contributed by atoms with Crippen LogP contribution >= 0.6 is 11.3 Å². The molecular formula is C15H20N2OS. The second-order valence-corrected chi connectivity index (χ2v) is 6.67. The van der Waals surface area contributed by atoms with Crippen molar-refractivity contribution in [3.63, 3.8) is 0 Å². The Morgan fingerprint density at radius 3 is 3.11 bits per heavy atom. The first-order chi connectivity index (χ1) is 9.26. The van der Waals surface area contributed by atoms with Crippen LogP contribution in [0.2, 0.25) is 0 Å². The Bertz CT molecular complexity index is 506. The first kappa shape index (κ1) is 12.9. The number of amides is 1. The third-order valence-corrected chi connectivity index (χ3v) is 5.22. The number of aryl methyl sites for hydroxylation is 1. The van der Waals surface area contributed by atoms with Crippen molar-refractivity contribution >= 4 is 23.0 Å². The van der Waals surface area contributed by atoms with Gasteiger partial charge in [0.2, 0.25) is 0 Å². The molecule has 102 valence electrons. The topological polar surface area (TPSA) is 41.5 Å². The van der Waals surface area contributed by atoms with Gasteiger partial charge in [0.25, 0.3) is 5.91 Å². The van der Waals surface area contributed by atoms with Gasteiger partial charge in [0.05, 0.1) is 5.56 Å². The number of carbonyl (C=O) groups is 1. The molecule has 2 saturated carbocycles. The molecule has 1 aromatic heterocycles. The van der Waals surface area contributed by atoms with E-state index in [1.807, 2.05) is 11.4 Å². The lowest BCUT2D eigenvalue weighted by atomic mass is 9.99. The van der Waals surface area contributed by atoms with Crippen molar-refractivity contribution in [2.75, 3.05) is 0 Å². The predicted molar refractivity (Wildman–Crippen MR) is 78.7 cm³/mol. The van der Waals surface area contributed by atoms with E-state index in [1.54, 1.807) is 11.3 Å². The van der Waals surface area contributed by atoms with Crippen molar-refractivity contribution < 1.29 is 4.79 Å². The molecule has 3 rings (SSSR count). The number of nitrogens with one attached hydrogen (secondary N) is 1. The Balaban J connectivity index is 1.60. The van der Waals surface area contributed by atoms with E-state index in [0.29, 0.717) is 5.92 Å². The predicted octanol–water partition coefficient (Wildman–Crippen LogP) is 3.61. The zero-order valence-electron chi connectivity index (χ0n) is 11.3. The molecule has 2 fully saturated rings. The minimum absolute atomic E-state index is 0.0612. The maximum absolute atomic E-state index is 12.0. The van der Waals surface area contributed by atoms with Crippen LogP contribution in [-0.2, 0) is 6.42 Å². The van der Waals surface area contributed by atoms with E-state index in [1.165, 1.54) is 29.9 Å². The summed E-state index contributed by atoms with van der Waals surface area (Å²) >= 11 is 1.66. The lowest BCUT2D eigenvalue weighted by Crippen LogP contribution is -2.21. The molecule has 0 spiro atoms. The number of hydrogen-bond donors (Lipinski definition) is 1. The first-order valence-electron chi connectivity index (χ1n) is 7.20. The molecule has 0 aliphatic heterocycles. The average molecular weight is 276 g/mol.